The lowest BCUT2D eigenvalue weighted by Gasteiger charge is -2.49. The SMILES string of the molecule is CO[C@]1(C)C[C@H](OC2[C@@H](C)C(=O)O[C@H](CCNC(=O)c3cnc4ccccc4c3)[C@@](C)(O)[C@H](O)[C@@H](C)C(=O)[C@H](C)C[C@@](C)(O)[C@H](O[C@@H]3O[C@H](C)C[C@H](N(C)C)[C@H]3O)[C@H]2C)O[C@@H](C)[C@@H]1O. The third kappa shape index (κ3) is 11.3. The number of hydrogen-bond donors (Lipinski definition) is 6. The van der Waals surface area contributed by atoms with Gasteiger partial charge in [0.1, 0.15) is 29.7 Å². The highest BCUT2D eigenvalue weighted by Gasteiger charge is 2.53. The highest BCUT2D eigenvalue weighted by Crippen LogP contribution is 2.41. The van der Waals surface area contributed by atoms with E-state index in [1.165, 1.54) is 34.1 Å². The summed E-state index contributed by atoms with van der Waals surface area (Å²) in [5, 5.41) is 62.7. The Balaban J connectivity index is 1.54. The number of hydrogen-bond acceptors (Lipinski definition) is 16. The molecule has 0 aliphatic carbocycles. The van der Waals surface area contributed by atoms with Crippen molar-refractivity contribution >= 4 is 28.6 Å². The molecule has 360 valence electrons. The highest BCUT2D eigenvalue weighted by atomic mass is 16.7. The van der Waals surface area contributed by atoms with Crippen molar-refractivity contribution in [2.24, 2.45) is 23.7 Å². The Hall–Kier alpha value is -3.20. The molecule has 17 heteroatoms. The van der Waals surface area contributed by atoms with Gasteiger partial charge in [-0.25, -0.2) is 0 Å². The van der Waals surface area contributed by atoms with Crippen LogP contribution in [0.3, 0.4) is 0 Å². The molecule has 1 unspecified atom stereocenters. The molecule has 1 aromatic carbocycles. The van der Waals surface area contributed by atoms with Crippen LogP contribution in [-0.2, 0) is 38.0 Å². The third-order valence-corrected chi connectivity index (χ3v) is 14.0. The zero-order valence-electron chi connectivity index (χ0n) is 39.5. The van der Waals surface area contributed by atoms with Crippen molar-refractivity contribution in [3.63, 3.8) is 0 Å². The van der Waals surface area contributed by atoms with E-state index in [1.807, 2.05) is 50.2 Å². The molecule has 0 saturated carbocycles. The number of nitrogens with one attached hydrogen (secondary N) is 1. The number of rotatable bonds is 10. The lowest BCUT2D eigenvalue weighted by Crippen LogP contribution is -2.61. The largest absolute Gasteiger partial charge is 0.459 e. The molecule has 3 aliphatic heterocycles. The molecule has 2 aromatic rings. The molecule has 0 bridgehead atoms. The zero-order valence-corrected chi connectivity index (χ0v) is 39.5. The summed E-state index contributed by atoms with van der Waals surface area (Å²) in [6, 6.07) is 8.66. The number of ether oxygens (including phenoxy) is 6. The van der Waals surface area contributed by atoms with Crippen LogP contribution in [0.5, 0.6) is 0 Å². The number of likely N-dealkylation sites (N-methyl/N-ethyl adjacent to an activating group) is 1. The van der Waals surface area contributed by atoms with Gasteiger partial charge in [-0.3, -0.25) is 19.4 Å². The molecule has 1 aromatic heterocycles. The number of aromatic nitrogens is 1. The number of pyridine rings is 1. The van der Waals surface area contributed by atoms with E-state index < -0.39 is 113 Å². The average Bonchev–Trinajstić information content (AvgIpc) is 3.24. The predicted octanol–water partition coefficient (Wildman–Crippen LogP) is 2.74. The summed E-state index contributed by atoms with van der Waals surface area (Å²) in [5.74, 6) is -6.10. The summed E-state index contributed by atoms with van der Waals surface area (Å²) in [7, 11) is 5.13. The van der Waals surface area contributed by atoms with Crippen LogP contribution in [0.25, 0.3) is 10.9 Å². The van der Waals surface area contributed by atoms with E-state index in [1.54, 1.807) is 40.7 Å². The van der Waals surface area contributed by atoms with E-state index in [4.69, 9.17) is 28.4 Å². The van der Waals surface area contributed by atoms with E-state index in [0.29, 0.717) is 11.9 Å². The van der Waals surface area contributed by atoms with Crippen molar-refractivity contribution in [3.8, 4) is 0 Å². The Labute approximate surface area is 377 Å². The smallest absolute Gasteiger partial charge is 0.311 e. The number of para-hydroxylation sites is 1. The first-order valence-corrected chi connectivity index (χ1v) is 22.5. The summed E-state index contributed by atoms with van der Waals surface area (Å²) in [4.78, 5) is 48.4. The second-order valence-electron chi connectivity index (χ2n) is 19.5. The van der Waals surface area contributed by atoms with Crippen LogP contribution >= 0.6 is 0 Å². The van der Waals surface area contributed by atoms with Gasteiger partial charge in [0.05, 0.1) is 58.7 Å². The minimum atomic E-state index is -2.23. The van der Waals surface area contributed by atoms with Crippen LogP contribution < -0.4 is 5.32 Å². The molecule has 0 radical (unpaired) electrons. The van der Waals surface area contributed by atoms with Gasteiger partial charge in [0, 0.05) is 61.9 Å². The maximum atomic E-state index is 14.7. The minimum Gasteiger partial charge on any atom is -0.459 e. The Morgan fingerprint density at radius 1 is 0.938 bits per heavy atom. The summed E-state index contributed by atoms with van der Waals surface area (Å²) < 4.78 is 37.6. The fourth-order valence-corrected chi connectivity index (χ4v) is 9.88. The first kappa shape index (κ1) is 51.8. The standard InChI is InChI=1S/C47H73N3O14/c1-24-21-45(7,57)41(64-44-37(52)33(50(10)11)19-25(2)60-44)27(4)38(63-35-22-46(8,59-12)40(54)29(6)61-35)28(5)43(56)62-34(47(9,58)39(53)26(3)36(24)51)17-18-48-42(55)31-20-30-15-13-14-16-32(30)49-23-31/h13-16,20,23-29,33-35,37-41,44,52-54,57-58H,17-19,21-22H2,1-12H3,(H,48,55)/t24-,25-,26+,27+,28-,29+,33+,34-,35+,37-,38?,39-,40+,41-,44+,45-,46-,47-/m1/s1. The second kappa shape index (κ2) is 20.8. The topological polar surface area (TPSA) is 236 Å². The molecule has 4 heterocycles. The number of Topliss-reactive ketones (excluding diaryl/α,β-unsaturated/α-hetero) is 1. The van der Waals surface area contributed by atoms with Crippen molar-refractivity contribution in [3.05, 3.63) is 42.1 Å². The Kier molecular flexibility index (Phi) is 16.8. The third-order valence-electron chi connectivity index (χ3n) is 14.0. The number of cyclic esters (lactones) is 1. The quantitative estimate of drug-likeness (QED) is 0.188. The molecule has 17 nitrogen and oxygen atoms in total. The van der Waals surface area contributed by atoms with Crippen LogP contribution in [0.2, 0.25) is 0 Å². The van der Waals surface area contributed by atoms with Crippen LogP contribution in [0.15, 0.2) is 36.5 Å². The van der Waals surface area contributed by atoms with Gasteiger partial charge in [0.2, 0.25) is 0 Å². The number of aliphatic hydroxyl groups is 5. The van der Waals surface area contributed by atoms with Crippen LogP contribution in [-0.4, -0.2) is 165 Å². The second-order valence-corrected chi connectivity index (χ2v) is 19.5. The lowest BCUT2D eigenvalue weighted by molar-refractivity contribution is -0.318. The molecule has 3 saturated heterocycles. The average molecular weight is 904 g/mol. The Morgan fingerprint density at radius 2 is 1.61 bits per heavy atom. The van der Waals surface area contributed by atoms with Crippen molar-refractivity contribution in [1.29, 1.82) is 0 Å². The van der Waals surface area contributed by atoms with E-state index in [9.17, 15) is 39.9 Å². The van der Waals surface area contributed by atoms with E-state index in [2.05, 4.69) is 10.3 Å². The maximum absolute atomic E-state index is 14.7. The fourth-order valence-electron chi connectivity index (χ4n) is 9.88. The number of aliphatic hydroxyl groups excluding tert-OH is 3. The summed E-state index contributed by atoms with van der Waals surface area (Å²) in [6.45, 7) is 14.2. The first-order chi connectivity index (χ1) is 29.8. The summed E-state index contributed by atoms with van der Waals surface area (Å²) in [5.41, 5.74) is -4.22. The number of carbonyl (C=O) groups is 3. The van der Waals surface area contributed by atoms with Crippen LogP contribution in [0.1, 0.15) is 98.4 Å². The molecule has 0 spiro atoms. The van der Waals surface area contributed by atoms with E-state index >= 15 is 0 Å². The van der Waals surface area contributed by atoms with Gasteiger partial charge in [-0.15, -0.1) is 0 Å². The van der Waals surface area contributed by atoms with Gasteiger partial charge in [0.25, 0.3) is 5.91 Å². The number of amides is 1. The van der Waals surface area contributed by atoms with Gasteiger partial charge in [0.15, 0.2) is 12.6 Å². The number of ketones is 1. The normalized spacial score (nSPS) is 41.9. The monoisotopic (exact) mass is 904 g/mol. The predicted molar refractivity (Wildman–Crippen MR) is 235 cm³/mol. The van der Waals surface area contributed by atoms with Gasteiger partial charge < -0.3 is 64.2 Å². The molecule has 1 amide bonds. The van der Waals surface area contributed by atoms with E-state index in [0.717, 1.165) is 5.39 Å². The molecular formula is C47H73N3O14. The van der Waals surface area contributed by atoms with Gasteiger partial charge in [-0.2, -0.15) is 0 Å². The zero-order chi connectivity index (χ0) is 47.6. The number of carbonyl (C=O) groups excluding carboxylic acids is 3. The van der Waals surface area contributed by atoms with Crippen molar-refractivity contribution in [2.75, 3.05) is 27.7 Å². The number of nitrogens with zero attached hydrogens (tertiary/aromatic N) is 2. The van der Waals surface area contributed by atoms with Crippen LogP contribution in [0, 0.1) is 23.7 Å². The van der Waals surface area contributed by atoms with Crippen molar-refractivity contribution in [2.45, 2.75) is 172 Å². The molecule has 18 atom stereocenters. The highest BCUT2D eigenvalue weighted by molar-refractivity contribution is 5.97. The summed E-state index contributed by atoms with van der Waals surface area (Å²) >= 11 is 0. The minimum absolute atomic E-state index is 0.0355. The van der Waals surface area contributed by atoms with Gasteiger partial charge in [-0.05, 0) is 80.6 Å². The Morgan fingerprint density at radius 3 is 2.27 bits per heavy atom. The maximum Gasteiger partial charge on any atom is 0.311 e. The van der Waals surface area contributed by atoms with E-state index in [-0.39, 0.29) is 43.5 Å². The molecule has 64 heavy (non-hydrogen) atoms. The van der Waals surface area contributed by atoms with Gasteiger partial charge >= 0.3 is 5.97 Å². The molecule has 6 N–H and O–H groups in total. The summed E-state index contributed by atoms with van der Waals surface area (Å²) in [6.07, 6.45) is -9.74. The van der Waals surface area contributed by atoms with Crippen molar-refractivity contribution < 1.29 is 68.3 Å². The molecule has 3 aliphatic rings. The first-order valence-electron chi connectivity index (χ1n) is 22.5. The van der Waals surface area contributed by atoms with Crippen molar-refractivity contribution in [1.82, 2.24) is 15.2 Å². The fraction of sp³-hybridized carbons (Fsp3) is 0.745. The molecular weight excluding hydrogens is 831 g/mol. The number of methoxy groups -OCH3 is 1. The molecule has 3 fully saturated rings. The van der Waals surface area contributed by atoms with Gasteiger partial charge in [-0.1, -0.05) is 39.0 Å². The van der Waals surface area contributed by atoms with Crippen LogP contribution in [0.4, 0.5) is 0 Å². The number of fused-ring (bicyclic) bond motifs is 1. The number of esters is 1. The lowest BCUT2D eigenvalue weighted by atomic mass is 9.74. The Bertz CT molecular complexity index is 1910. The molecule has 5 rings (SSSR count). The number of benzene rings is 1.